The standard InChI is InChI=1S/C23H29FN6O2S/c1-28-21(26)20(12-25)22(29(2)23(28)33)27-16-10-17-13-31-14-18(11-16)30(17)8-3-9-32-19-6-4-15(24)5-7-19/h4-7,16-18,26-27H,3,8-11,13-14H2,1-2H3. The van der Waals surface area contributed by atoms with Crippen LogP contribution in [0.15, 0.2) is 24.3 Å². The summed E-state index contributed by atoms with van der Waals surface area (Å²) < 4.78 is 28.4. The van der Waals surface area contributed by atoms with Crippen molar-refractivity contribution in [3.05, 3.63) is 45.9 Å². The van der Waals surface area contributed by atoms with Gasteiger partial charge in [0.15, 0.2) is 4.77 Å². The van der Waals surface area contributed by atoms with Crippen molar-refractivity contribution < 1.29 is 13.9 Å². The molecule has 4 rings (SSSR count). The molecule has 0 aliphatic carbocycles. The van der Waals surface area contributed by atoms with Gasteiger partial charge < -0.3 is 23.9 Å². The van der Waals surface area contributed by atoms with Crippen LogP contribution in [0.4, 0.5) is 10.2 Å². The number of hydrogen-bond acceptors (Lipinski definition) is 7. The molecule has 2 atom stereocenters. The van der Waals surface area contributed by atoms with E-state index in [-0.39, 0.29) is 29.4 Å². The SMILES string of the molecule is Cn1c(NC2CC3COCC(C2)N3CCCOc2ccc(F)cc2)c(C#N)c(=N)n(C)c1=S. The van der Waals surface area contributed by atoms with E-state index in [9.17, 15) is 9.65 Å². The zero-order valence-corrected chi connectivity index (χ0v) is 19.7. The zero-order valence-electron chi connectivity index (χ0n) is 18.9. The first kappa shape index (κ1) is 23.4. The van der Waals surface area contributed by atoms with Gasteiger partial charge in [-0.3, -0.25) is 10.3 Å². The quantitative estimate of drug-likeness (QED) is 0.476. The zero-order chi connectivity index (χ0) is 23.5. The van der Waals surface area contributed by atoms with Crippen molar-refractivity contribution in [2.75, 3.05) is 31.7 Å². The highest BCUT2D eigenvalue weighted by Crippen LogP contribution is 2.30. The fourth-order valence-corrected chi connectivity index (χ4v) is 4.96. The van der Waals surface area contributed by atoms with Gasteiger partial charge in [-0.1, -0.05) is 0 Å². The van der Waals surface area contributed by atoms with Crippen LogP contribution in [0.5, 0.6) is 5.75 Å². The minimum absolute atomic E-state index is 0.116. The van der Waals surface area contributed by atoms with Crippen LogP contribution in [0, 0.1) is 27.3 Å². The van der Waals surface area contributed by atoms with Crippen LogP contribution in [0.2, 0.25) is 0 Å². The molecule has 2 bridgehead atoms. The van der Waals surface area contributed by atoms with E-state index in [0.29, 0.717) is 41.7 Å². The highest BCUT2D eigenvalue weighted by molar-refractivity contribution is 7.71. The van der Waals surface area contributed by atoms with E-state index in [1.54, 1.807) is 23.7 Å². The molecule has 2 aliphatic heterocycles. The number of aromatic nitrogens is 2. The summed E-state index contributed by atoms with van der Waals surface area (Å²) in [7, 11) is 3.53. The number of benzene rings is 1. The number of halogens is 1. The van der Waals surface area contributed by atoms with Gasteiger partial charge in [0, 0.05) is 38.8 Å². The second-order valence-corrected chi connectivity index (χ2v) is 9.00. The molecule has 33 heavy (non-hydrogen) atoms. The third kappa shape index (κ3) is 4.95. The molecule has 2 unspecified atom stereocenters. The average molecular weight is 473 g/mol. The summed E-state index contributed by atoms with van der Waals surface area (Å²) in [6, 6.07) is 8.96. The monoisotopic (exact) mass is 472 g/mol. The Morgan fingerprint density at radius 2 is 1.88 bits per heavy atom. The number of anilines is 1. The normalized spacial score (nSPS) is 22.5. The van der Waals surface area contributed by atoms with Gasteiger partial charge >= 0.3 is 0 Å². The predicted molar refractivity (Wildman–Crippen MR) is 124 cm³/mol. The number of fused-ring (bicyclic) bond motifs is 2. The number of nitrogens with one attached hydrogen (secondary N) is 2. The molecule has 0 amide bonds. The smallest absolute Gasteiger partial charge is 0.182 e. The topological polar surface area (TPSA) is 91.2 Å². The lowest BCUT2D eigenvalue weighted by molar-refractivity contribution is -0.0769. The molecule has 2 aromatic rings. The van der Waals surface area contributed by atoms with E-state index in [4.69, 9.17) is 27.1 Å². The number of nitrogens with zero attached hydrogens (tertiary/aromatic N) is 4. The number of piperidine rings is 1. The Bertz CT molecular complexity index is 1140. The van der Waals surface area contributed by atoms with E-state index in [2.05, 4.69) is 16.3 Å². The molecule has 2 N–H and O–H groups in total. The molecule has 2 fully saturated rings. The lowest BCUT2D eigenvalue weighted by Crippen LogP contribution is -2.59. The van der Waals surface area contributed by atoms with Gasteiger partial charge in [-0.05, 0) is 55.7 Å². The van der Waals surface area contributed by atoms with E-state index >= 15 is 0 Å². The lowest BCUT2D eigenvalue weighted by Gasteiger charge is -2.49. The minimum atomic E-state index is -0.269. The first-order valence-electron chi connectivity index (χ1n) is 11.1. The Labute approximate surface area is 197 Å². The van der Waals surface area contributed by atoms with Crippen molar-refractivity contribution in [3.63, 3.8) is 0 Å². The summed E-state index contributed by atoms with van der Waals surface area (Å²) in [4.78, 5) is 2.50. The largest absolute Gasteiger partial charge is 0.494 e. The van der Waals surface area contributed by atoms with Crippen molar-refractivity contribution in [2.24, 2.45) is 14.1 Å². The van der Waals surface area contributed by atoms with Gasteiger partial charge in [-0.15, -0.1) is 0 Å². The molecule has 0 radical (unpaired) electrons. The molecule has 3 heterocycles. The van der Waals surface area contributed by atoms with Crippen LogP contribution < -0.4 is 15.5 Å². The molecular formula is C23H29FN6O2S. The van der Waals surface area contributed by atoms with E-state index < -0.39 is 0 Å². The molecule has 8 nitrogen and oxygen atoms in total. The fourth-order valence-electron chi connectivity index (χ4n) is 4.77. The van der Waals surface area contributed by atoms with Gasteiger partial charge in [-0.2, -0.15) is 5.26 Å². The third-order valence-corrected chi connectivity index (χ3v) is 7.03. The minimum Gasteiger partial charge on any atom is -0.494 e. The predicted octanol–water partition coefficient (Wildman–Crippen LogP) is 2.70. The van der Waals surface area contributed by atoms with E-state index in [0.717, 1.165) is 25.8 Å². The molecule has 2 aliphatic rings. The van der Waals surface area contributed by atoms with Crippen molar-refractivity contribution >= 4 is 18.0 Å². The molecule has 0 spiro atoms. The van der Waals surface area contributed by atoms with E-state index in [1.807, 2.05) is 7.05 Å². The average Bonchev–Trinajstić information content (AvgIpc) is 2.80. The molecule has 0 saturated carbocycles. The fraction of sp³-hybridized carbons (Fsp3) is 0.522. The van der Waals surface area contributed by atoms with Crippen molar-refractivity contribution in [3.8, 4) is 11.8 Å². The summed E-state index contributed by atoms with van der Waals surface area (Å²) in [6.45, 7) is 2.81. The van der Waals surface area contributed by atoms with Crippen LogP contribution in [0.1, 0.15) is 24.8 Å². The molecule has 10 heteroatoms. The lowest BCUT2D eigenvalue weighted by atomic mass is 9.89. The van der Waals surface area contributed by atoms with E-state index in [1.165, 1.54) is 16.7 Å². The second-order valence-electron chi connectivity index (χ2n) is 8.64. The Balaban J connectivity index is 1.39. The number of ether oxygens (including phenoxy) is 2. The molecule has 1 aromatic heterocycles. The van der Waals surface area contributed by atoms with Gasteiger partial charge in [0.05, 0.1) is 19.8 Å². The summed E-state index contributed by atoms with van der Waals surface area (Å²) in [5, 5.41) is 21.5. The van der Waals surface area contributed by atoms with Crippen molar-refractivity contribution in [1.82, 2.24) is 14.0 Å². The highest BCUT2D eigenvalue weighted by Gasteiger charge is 2.39. The van der Waals surface area contributed by atoms with Crippen LogP contribution in [0.25, 0.3) is 0 Å². The molecule has 176 valence electrons. The summed E-state index contributed by atoms with van der Waals surface area (Å²) in [5.41, 5.74) is 0.417. The van der Waals surface area contributed by atoms with Crippen LogP contribution in [-0.4, -0.2) is 58.5 Å². The van der Waals surface area contributed by atoms with Crippen LogP contribution >= 0.6 is 12.2 Å². The van der Waals surface area contributed by atoms with Crippen LogP contribution in [0.3, 0.4) is 0 Å². The Morgan fingerprint density at radius 1 is 1.21 bits per heavy atom. The Kier molecular flexibility index (Phi) is 7.12. The highest BCUT2D eigenvalue weighted by atomic mass is 32.1. The molecule has 2 saturated heterocycles. The first-order valence-corrected chi connectivity index (χ1v) is 11.5. The number of nitriles is 1. The van der Waals surface area contributed by atoms with Gasteiger partial charge in [0.25, 0.3) is 0 Å². The maximum Gasteiger partial charge on any atom is 0.182 e. The van der Waals surface area contributed by atoms with Crippen LogP contribution in [-0.2, 0) is 18.8 Å². The van der Waals surface area contributed by atoms with Gasteiger partial charge in [-0.25, -0.2) is 4.39 Å². The molecule has 1 aromatic carbocycles. The first-order chi connectivity index (χ1) is 15.9. The Morgan fingerprint density at radius 3 is 2.52 bits per heavy atom. The van der Waals surface area contributed by atoms with Crippen molar-refractivity contribution in [1.29, 1.82) is 10.7 Å². The summed E-state index contributed by atoms with van der Waals surface area (Å²) in [6.07, 6.45) is 2.62. The summed E-state index contributed by atoms with van der Waals surface area (Å²) >= 11 is 5.44. The second kappa shape index (κ2) is 10.0. The summed E-state index contributed by atoms with van der Waals surface area (Å²) in [5.74, 6) is 1.01. The van der Waals surface area contributed by atoms with Crippen molar-refractivity contribution in [2.45, 2.75) is 37.4 Å². The number of rotatable bonds is 7. The Hall–Kier alpha value is -2.74. The number of hydrogen-bond donors (Lipinski definition) is 2. The van der Waals surface area contributed by atoms with Gasteiger partial charge in [0.2, 0.25) is 0 Å². The maximum absolute atomic E-state index is 13.0. The third-order valence-electron chi connectivity index (χ3n) is 6.49. The number of morpholine rings is 1. The molecular weight excluding hydrogens is 443 g/mol. The van der Waals surface area contributed by atoms with Gasteiger partial charge in [0.1, 0.15) is 34.5 Å². The maximum atomic E-state index is 13.0.